The summed E-state index contributed by atoms with van der Waals surface area (Å²) in [5, 5.41) is 0. The highest BCUT2D eigenvalue weighted by molar-refractivity contribution is 6.10. The van der Waals surface area contributed by atoms with Gasteiger partial charge in [0.25, 0.3) is 5.91 Å². The summed E-state index contributed by atoms with van der Waals surface area (Å²) >= 11 is 0. The van der Waals surface area contributed by atoms with Crippen molar-refractivity contribution in [3.63, 3.8) is 0 Å². The predicted octanol–water partition coefficient (Wildman–Crippen LogP) is 3.66. The van der Waals surface area contributed by atoms with E-state index in [1.165, 1.54) is 9.80 Å². The van der Waals surface area contributed by atoms with Crippen molar-refractivity contribution in [2.24, 2.45) is 35.5 Å². The Hall–Kier alpha value is -3.41. The molecule has 1 heterocycles. The first kappa shape index (κ1) is 20.2. The van der Waals surface area contributed by atoms with Gasteiger partial charge in [-0.2, -0.15) is 0 Å². The van der Waals surface area contributed by atoms with E-state index < -0.39 is 0 Å². The molecule has 6 nitrogen and oxygen atoms in total. The van der Waals surface area contributed by atoms with Crippen LogP contribution in [0, 0.1) is 42.4 Å². The Kier molecular flexibility index (Phi) is 4.47. The van der Waals surface area contributed by atoms with Gasteiger partial charge in [-0.1, -0.05) is 42.5 Å². The molecule has 6 heteroatoms. The van der Waals surface area contributed by atoms with E-state index in [1.54, 1.807) is 25.3 Å². The molecule has 6 unspecified atom stereocenters. The largest absolute Gasteiger partial charge is 0.495 e. The molecule has 33 heavy (non-hydrogen) atoms. The monoisotopic (exact) mass is 442 g/mol. The van der Waals surface area contributed by atoms with Crippen LogP contribution in [0.25, 0.3) is 0 Å². The van der Waals surface area contributed by atoms with Gasteiger partial charge in [0, 0.05) is 5.56 Å². The molecule has 0 spiro atoms. The topological polar surface area (TPSA) is 66.9 Å². The quantitative estimate of drug-likeness (QED) is 0.524. The third kappa shape index (κ3) is 2.89. The van der Waals surface area contributed by atoms with Crippen molar-refractivity contribution in [1.82, 2.24) is 4.90 Å². The molecule has 0 radical (unpaired) electrons. The number of hydrogen-bond acceptors (Lipinski definition) is 4. The maximum absolute atomic E-state index is 13.8. The fourth-order valence-corrected chi connectivity index (χ4v) is 6.36. The lowest BCUT2D eigenvalue weighted by molar-refractivity contribution is -0.140. The molecule has 3 amide bonds. The number of nitrogens with zero attached hydrogens (tertiary/aromatic N) is 2. The van der Waals surface area contributed by atoms with E-state index in [0.29, 0.717) is 28.8 Å². The number of likely N-dealkylation sites (tertiary alicyclic amines) is 1. The number of ether oxygens (including phenoxy) is 1. The van der Waals surface area contributed by atoms with E-state index in [1.807, 2.05) is 37.3 Å². The van der Waals surface area contributed by atoms with E-state index in [4.69, 9.17) is 4.74 Å². The summed E-state index contributed by atoms with van der Waals surface area (Å²) in [5.74, 6) is 0.758. The van der Waals surface area contributed by atoms with Gasteiger partial charge < -0.3 is 4.74 Å². The zero-order valence-corrected chi connectivity index (χ0v) is 18.7. The smallest absolute Gasteiger partial charge is 0.260 e. The lowest BCUT2D eigenvalue weighted by atomic mass is 9.63. The van der Waals surface area contributed by atoms with Crippen LogP contribution < -0.4 is 9.64 Å². The van der Waals surface area contributed by atoms with Gasteiger partial charge in [0.05, 0.1) is 24.6 Å². The van der Waals surface area contributed by atoms with Crippen molar-refractivity contribution < 1.29 is 19.1 Å². The Morgan fingerprint density at radius 1 is 0.970 bits per heavy atom. The standard InChI is InChI=1S/C27H26N2O4/c1-15-7-3-4-8-16(15)25(30)28(21-9-5-6-10-22(21)33-2)14-29-26(31)23-17-11-12-18(20-13-19(17)20)24(23)27(29)32/h3-12,17-20,23-24H,13-14H2,1-2H3. The van der Waals surface area contributed by atoms with Crippen LogP contribution in [0.1, 0.15) is 22.3 Å². The van der Waals surface area contributed by atoms with Gasteiger partial charge in [-0.15, -0.1) is 0 Å². The molecular formula is C27H26N2O4. The first-order valence-electron chi connectivity index (χ1n) is 11.6. The van der Waals surface area contributed by atoms with Gasteiger partial charge in [-0.3, -0.25) is 24.2 Å². The van der Waals surface area contributed by atoms with Gasteiger partial charge in [-0.25, -0.2) is 0 Å². The summed E-state index contributed by atoms with van der Waals surface area (Å²) in [6.45, 7) is 1.76. The number of rotatable bonds is 5. The second-order valence-corrected chi connectivity index (χ2v) is 9.62. The number of carbonyl (C=O) groups excluding carboxylic acids is 3. The van der Waals surface area contributed by atoms with Gasteiger partial charge in [0.2, 0.25) is 11.8 Å². The number of benzene rings is 2. The van der Waals surface area contributed by atoms with Crippen LogP contribution in [0.2, 0.25) is 0 Å². The number of hydrogen-bond donors (Lipinski definition) is 0. The van der Waals surface area contributed by atoms with Gasteiger partial charge >= 0.3 is 0 Å². The Balaban J connectivity index is 1.38. The van der Waals surface area contributed by atoms with Crippen LogP contribution in [0.3, 0.4) is 0 Å². The summed E-state index contributed by atoms with van der Waals surface area (Å²) < 4.78 is 5.53. The molecule has 0 N–H and O–H groups in total. The molecule has 7 rings (SSSR count). The first-order valence-corrected chi connectivity index (χ1v) is 11.6. The van der Waals surface area contributed by atoms with Crippen LogP contribution >= 0.6 is 0 Å². The highest BCUT2D eigenvalue weighted by Gasteiger charge is 2.67. The van der Waals surface area contributed by atoms with Crippen LogP contribution in [0.15, 0.2) is 60.7 Å². The number of allylic oxidation sites excluding steroid dienone is 2. The molecule has 1 saturated heterocycles. The number of methoxy groups -OCH3 is 1. The van der Waals surface area contributed by atoms with E-state index >= 15 is 0 Å². The minimum absolute atomic E-state index is 0.118. The van der Waals surface area contributed by atoms with E-state index in [9.17, 15) is 14.4 Å². The third-order valence-electron chi connectivity index (χ3n) is 8.03. The molecule has 168 valence electrons. The van der Waals surface area contributed by atoms with Crippen LogP contribution in [0.5, 0.6) is 5.75 Å². The summed E-state index contributed by atoms with van der Waals surface area (Å²) in [5.41, 5.74) is 1.90. The minimum atomic E-state index is -0.288. The molecule has 2 aromatic carbocycles. The molecule has 6 atom stereocenters. The second-order valence-electron chi connectivity index (χ2n) is 9.62. The Labute approximate surface area is 192 Å². The molecule has 2 saturated carbocycles. The van der Waals surface area contributed by atoms with Crippen LogP contribution in [0.4, 0.5) is 5.69 Å². The number of aryl methyl sites for hydroxylation is 1. The summed E-state index contributed by atoms with van der Waals surface area (Å²) in [6.07, 6.45) is 5.44. The van der Waals surface area contributed by atoms with Gasteiger partial charge in [0.1, 0.15) is 12.4 Å². The Bertz CT molecular complexity index is 1170. The van der Waals surface area contributed by atoms with Crippen molar-refractivity contribution in [2.75, 3.05) is 18.7 Å². The fourth-order valence-electron chi connectivity index (χ4n) is 6.36. The summed E-state index contributed by atoms with van der Waals surface area (Å²) in [7, 11) is 1.55. The molecular weight excluding hydrogens is 416 g/mol. The molecule has 4 aliphatic carbocycles. The predicted molar refractivity (Wildman–Crippen MR) is 122 cm³/mol. The van der Waals surface area contributed by atoms with Crippen molar-refractivity contribution in [2.45, 2.75) is 13.3 Å². The SMILES string of the molecule is COc1ccccc1N(CN1C(=O)C2C3C=CC(C4CC34)C2C1=O)C(=O)c1ccccc1C. The first-order chi connectivity index (χ1) is 16.0. The van der Waals surface area contributed by atoms with Crippen molar-refractivity contribution in [1.29, 1.82) is 0 Å². The number of para-hydroxylation sites is 2. The highest BCUT2D eigenvalue weighted by atomic mass is 16.5. The van der Waals surface area contributed by atoms with Crippen molar-refractivity contribution in [3.8, 4) is 5.75 Å². The molecule has 5 aliphatic rings. The number of anilines is 1. The summed E-state index contributed by atoms with van der Waals surface area (Å²) in [6, 6.07) is 14.6. The van der Waals surface area contributed by atoms with Crippen LogP contribution in [-0.2, 0) is 9.59 Å². The van der Waals surface area contributed by atoms with Crippen molar-refractivity contribution >= 4 is 23.4 Å². The van der Waals surface area contributed by atoms with Gasteiger partial charge in [0.15, 0.2) is 0 Å². The Morgan fingerprint density at radius 3 is 2.21 bits per heavy atom. The molecule has 3 fully saturated rings. The molecule has 2 bridgehead atoms. The third-order valence-corrected chi connectivity index (χ3v) is 8.03. The zero-order valence-electron chi connectivity index (χ0n) is 18.7. The highest BCUT2D eigenvalue weighted by Crippen LogP contribution is 2.65. The average Bonchev–Trinajstić information content (AvgIpc) is 3.62. The number of amides is 3. The lowest BCUT2D eigenvalue weighted by Crippen LogP contribution is -2.45. The fraction of sp³-hybridized carbons (Fsp3) is 0.370. The van der Waals surface area contributed by atoms with Crippen molar-refractivity contribution in [3.05, 3.63) is 71.8 Å². The molecule has 0 aromatic heterocycles. The van der Waals surface area contributed by atoms with Crippen LogP contribution in [-0.4, -0.2) is 36.4 Å². The normalized spacial score (nSPS) is 30.8. The lowest BCUT2D eigenvalue weighted by Gasteiger charge is -2.37. The number of carbonyl (C=O) groups is 3. The Morgan fingerprint density at radius 2 is 1.58 bits per heavy atom. The average molecular weight is 443 g/mol. The van der Waals surface area contributed by atoms with E-state index in [-0.39, 0.29) is 48.1 Å². The van der Waals surface area contributed by atoms with Gasteiger partial charge in [-0.05, 0) is 60.8 Å². The molecule has 1 aliphatic heterocycles. The second kappa shape index (κ2) is 7.30. The number of imide groups is 1. The minimum Gasteiger partial charge on any atom is -0.495 e. The maximum Gasteiger partial charge on any atom is 0.260 e. The summed E-state index contributed by atoms with van der Waals surface area (Å²) in [4.78, 5) is 43.7. The zero-order chi connectivity index (χ0) is 22.9. The van der Waals surface area contributed by atoms with E-state index in [0.717, 1.165) is 12.0 Å². The molecule has 2 aromatic rings. The van der Waals surface area contributed by atoms with E-state index in [2.05, 4.69) is 12.2 Å². The maximum atomic E-state index is 13.8.